The zero-order valence-corrected chi connectivity index (χ0v) is 11.9. The van der Waals surface area contributed by atoms with Gasteiger partial charge in [0, 0.05) is 31.5 Å². The third-order valence-electron chi connectivity index (χ3n) is 3.26. The second kappa shape index (κ2) is 6.38. The Morgan fingerprint density at radius 3 is 2.67 bits per heavy atom. The first-order valence-electron chi connectivity index (χ1n) is 6.44. The summed E-state index contributed by atoms with van der Waals surface area (Å²) in [4.78, 5) is 18.2. The van der Waals surface area contributed by atoms with E-state index >= 15 is 0 Å². The largest absolute Gasteiger partial charge is 0.385 e. The van der Waals surface area contributed by atoms with Crippen LogP contribution in [0, 0.1) is 5.92 Å². The minimum absolute atomic E-state index is 0.0315. The average molecular weight is 249 g/mol. The maximum atomic E-state index is 12.3. The predicted molar refractivity (Wildman–Crippen MR) is 74.8 cm³/mol. The van der Waals surface area contributed by atoms with E-state index in [-0.39, 0.29) is 11.9 Å². The number of rotatable bonds is 5. The molecule has 0 bridgehead atoms. The van der Waals surface area contributed by atoms with Gasteiger partial charge >= 0.3 is 0 Å². The Labute approximate surface area is 109 Å². The van der Waals surface area contributed by atoms with Gasteiger partial charge in [-0.2, -0.15) is 0 Å². The van der Waals surface area contributed by atoms with E-state index in [9.17, 15) is 4.79 Å². The summed E-state index contributed by atoms with van der Waals surface area (Å²) < 4.78 is 0. The second-order valence-corrected chi connectivity index (χ2v) is 4.86. The van der Waals surface area contributed by atoms with Gasteiger partial charge in [0.15, 0.2) is 0 Å². The number of hydrogen-bond acceptors (Lipinski definition) is 3. The first-order valence-corrected chi connectivity index (χ1v) is 6.44. The first-order chi connectivity index (χ1) is 8.47. The zero-order chi connectivity index (χ0) is 13.7. The molecule has 0 saturated heterocycles. The molecule has 1 aromatic heterocycles. The van der Waals surface area contributed by atoms with Crippen molar-refractivity contribution < 1.29 is 4.79 Å². The lowest BCUT2D eigenvalue weighted by atomic mass is 10.0. The molecule has 1 aromatic rings. The molecule has 0 radical (unpaired) electrons. The quantitative estimate of drug-likeness (QED) is 0.872. The summed E-state index contributed by atoms with van der Waals surface area (Å²) in [6.45, 7) is 9.12. The van der Waals surface area contributed by atoms with E-state index in [1.807, 2.05) is 20.0 Å². The van der Waals surface area contributed by atoms with Crippen molar-refractivity contribution in [3.8, 4) is 0 Å². The summed E-state index contributed by atoms with van der Waals surface area (Å²) in [5.41, 5.74) is 1.42. The van der Waals surface area contributed by atoms with Gasteiger partial charge in [0.05, 0.1) is 0 Å². The topological polar surface area (TPSA) is 45.2 Å². The molecule has 100 valence electrons. The van der Waals surface area contributed by atoms with Crippen LogP contribution in [-0.2, 0) is 0 Å². The summed E-state index contributed by atoms with van der Waals surface area (Å²) in [6, 6.07) is 3.86. The molecule has 1 unspecified atom stereocenters. The van der Waals surface area contributed by atoms with Crippen LogP contribution in [0.2, 0.25) is 0 Å². The molecule has 0 fully saturated rings. The molecule has 4 nitrogen and oxygen atoms in total. The predicted octanol–water partition coefficient (Wildman–Crippen LogP) is 2.63. The highest BCUT2D eigenvalue weighted by Gasteiger charge is 2.20. The summed E-state index contributed by atoms with van der Waals surface area (Å²) in [6.07, 6.45) is 1.67. The van der Waals surface area contributed by atoms with Crippen LogP contribution in [0.15, 0.2) is 18.3 Å². The third kappa shape index (κ3) is 3.45. The van der Waals surface area contributed by atoms with Crippen molar-refractivity contribution in [3.05, 3.63) is 24.0 Å². The Kier molecular flexibility index (Phi) is 5.13. The Hall–Kier alpha value is -1.58. The van der Waals surface area contributed by atoms with Crippen LogP contribution in [0.3, 0.4) is 0 Å². The zero-order valence-electron chi connectivity index (χ0n) is 11.9. The molecule has 0 aliphatic heterocycles. The molecule has 1 rings (SSSR count). The molecule has 1 atom stereocenters. The Balaban J connectivity index is 2.86. The molecular formula is C14H23N3O. The number of nitrogens with zero attached hydrogens (tertiary/aromatic N) is 2. The number of hydrogen-bond donors (Lipinski definition) is 1. The molecule has 18 heavy (non-hydrogen) atoms. The number of aromatic nitrogens is 1. The minimum atomic E-state index is -0.0315. The van der Waals surface area contributed by atoms with Gasteiger partial charge in [-0.25, -0.2) is 0 Å². The van der Waals surface area contributed by atoms with Crippen molar-refractivity contribution in [2.75, 3.05) is 18.9 Å². The lowest BCUT2D eigenvalue weighted by molar-refractivity contribution is 0.0701. The smallest absolute Gasteiger partial charge is 0.272 e. The highest BCUT2D eigenvalue weighted by atomic mass is 16.2. The fraction of sp³-hybridized carbons (Fsp3) is 0.571. The van der Waals surface area contributed by atoms with Crippen molar-refractivity contribution >= 4 is 11.6 Å². The van der Waals surface area contributed by atoms with Crippen molar-refractivity contribution in [2.45, 2.75) is 33.7 Å². The molecular weight excluding hydrogens is 226 g/mol. The maximum Gasteiger partial charge on any atom is 0.272 e. The van der Waals surface area contributed by atoms with Crippen molar-refractivity contribution in [3.63, 3.8) is 0 Å². The molecule has 4 heteroatoms. The fourth-order valence-corrected chi connectivity index (χ4v) is 1.67. The van der Waals surface area contributed by atoms with Crippen LogP contribution in [0.5, 0.6) is 0 Å². The molecule has 0 aliphatic carbocycles. The van der Waals surface area contributed by atoms with E-state index in [2.05, 4.69) is 31.1 Å². The molecule has 0 saturated carbocycles. The standard InChI is InChI=1S/C14H23N3O/c1-6-15-12-7-8-16-13(9-12)14(18)17(5)11(4)10(2)3/h7-11H,6H2,1-5H3,(H,15,16). The summed E-state index contributed by atoms with van der Waals surface area (Å²) in [5, 5.41) is 3.18. The highest BCUT2D eigenvalue weighted by molar-refractivity contribution is 5.93. The van der Waals surface area contributed by atoms with E-state index < -0.39 is 0 Å². The highest BCUT2D eigenvalue weighted by Crippen LogP contribution is 2.14. The number of carbonyl (C=O) groups excluding carboxylic acids is 1. The monoisotopic (exact) mass is 249 g/mol. The van der Waals surface area contributed by atoms with Gasteiger partial charge in [0.25, 0.3) is 5.91 Å². The van der Waals surface area contributed by atoms with Gasteiger partial charge in [0.1, 0.15) is 5.69 Å². The van der Waals surface area contributed by atoms with E-state index in [1.54, 1.807) is 17.2 Å². The van der Waals surface area contributed by atoms with Crippen LogP contribution in [0.25, 0.3) is 0 Å². The minimum Gasteiger partial charge on any atom is -0.385 e. The molecule has 0 spiro atoms. The van der Waals surface area contributed by atoms with Gasteiger partial charge in [0.2, 0.25) is 0 Å². The van der Waals surface area contributed by atoms with Crippen LogP contribution in [0.4, 0.5) is 5.69 Å². The Bertz CT molecular complexity index is 404. The number of carbonyl (C=O) groups is 1. The van der Waals surface area contributed by atoms with Crippen LogP contribution < -0.4 is 5.32 Å². The lowest BCUT2D eigenvalue weighted by Crippen LogP contribution is -2.38. The van der Waals surface area contributed by atoms with Gasteiger partial charge in [-0.15, -0.1) is 0 Å². The Morgan fingerprint density at radius 2 is 2.11 bits per heavy atom. The summed E-state index contributed by atoms with van der Waals surface area (Å²) in [7, 11) is 1.83. The van der Waals surface area contributed by atoms with E-state index in [0.717, 1.165) is 12.2 Å². The number of nitrogens with one attached hydrogen (secondary N) is 1. The fourth-order valence-electron chi connectivity index (χ4n) is 1.67. The Morgan fingerprint density at radius 1 is 1.44 bits per heavy atom. The normalized spacial score (nSPS) is 12.3. The van der Waals surface area contributed by atoms with Gasteiger partial charge in [-0.3, -0.25) is 9.78 Å². The molecule has 1 heterocycles. The summed E-state index contributed by atoms with van der Waals surface area (Å²) >= 11 is 0. The van der Waals surface area contributed by atoms with Gasteiger partial charge < -0.3 is 10.2 Å². The van der Waals surface area contributed by atoms with Crippen molar-refractivity contribution in [1.82, 2.24) is 9.88 Å². The van der Waals surface area contributed by atoms with Crippen LogP contribution in [-0.4, -0.2) is 35.4 Å². The van der Waals surface area contributed by atoms with E-state index in [0.29, 0.717) is 11.6 Å². The van der Waals surface area contributed by atoms with Gasteiger partial charge in [-0.1, -0.05) is 13.8 Å². The SMILES string of the molecule is CCNc1ccnc(C(=O)N(C)C(C)C(C)C)c1. The lowest BCUT2D eigenvalue weighted by Gasteiger charge is -2.27. The van der Waals surface area contributed by atoms with E-state index in [1.165, 1.54) is 0 Å². The number of amides is 1. The molecule has 1 amide bonds. The molecule has 1 N–H and O–H groups in total. The van der Waals surface area contributed by atoms with Crippen molar-refractivity contribution in [2.24, 2.45) is 5.92 Å². The van der Waals surface area contributed by atoms with Gasteiger partial charge in [-0.05, 0) is 31.9 Å². The number of anilines is 1. The van der Waals surface area contributed by atoms with Crippen LogP contribution >= 0.6 is 0 Å². The first kappa shape index (κ1) is 14.5. The van der Waals surface area contributed by atoms with Crippen LogP contribution in [0.1, 0.15) is 38.2 Å². The van der Waals surface area contributed by atoms with Crippen molar-refractivity contribution in [1.29, 1.82) is 0 Å². The molecule has 0 aromatic carbocycles. The maximum absolute atomic E-state index is 12.3. The summed E-state index contributed by atoms with van der Waals surface area (Å²) in [5.74, 6) is 0.395. The molecule has 0 aliphatic rings. The van der Waals surface area contributed by atoms with E-state index in [4.69, 9.17) is 0 Å². The second-order valence-electron chi connectivity index (χ2n) is 4.86. The third-order valence-corrected chi connectivity index (χ3v) is 3.26. The average Bonchev–Trinajstić information content (AvgIpc) is 2.36. The number of pyridine rings is 1.